The molecule has 1 heterocycles. The van der Waals surface area contributed by atoms with E-state index in [0.717, 1.165) is 12.1 Å². The number of nitrogen functional groups attached to an aromatic ring is 1. The predicted molar refractivity (Wildman–Crippen MR) is 61.8 cm³/mol. The molecule has 1 aromatic carbocycles. The van der Waals surface area contributed by atoms with Crippen molar-refractivity contribution in [2.45, 2.75) is 0 Å². The summed E-state index contributed by atoms with van der Waals surface area (Å²) in [4.78, 5) is 13.5. The Morgan fingerprint density at radius 1 is 1.33 bits per heavy atom. The average Bonchev–Trinajstić information content (AvgIpc) is 2.32. The Morgan fingerprint density at radius 2 is 2.11 bits per heavy atom. The van der Waals surface area contributed by atoms with Crippen LogP contribution >= 0.6 is 0 Å². The summed E-state index contributed by atoms with van der Waals surface area (Å²) in [6.45, 7) is 0. The Kier molecular flexibility index (Phi) is 3.05. The summed E-state index contributed by atoms with van der Waals surface area (Å²) < 4.78 is 18.5. The number of nitrogens with two attached hydrogens (primary N) is 1. The molecule has 92 valence electrons. The van der Waals surface area contributed by atoms with Crippen LogP contribution in [0.3, 0.4) is 0 Å². The maximum atomic E-state index is 13.3. The van der Waals surface area contributed by atoms with Crippen molar-refractivity contribution in [1.82, 2.24) is 4.98 Å². The van der Waals surface area contributed by atoms with E-state index in [4.69, 9.17) is 10.5 Å². The number of pyridine rings is 1. The summed E-state index contributed by atoms with van der Waals surface area (Å²) in [6, 6.07) is 6.33. The second-order valence-corrected chi connectivity index (χ2v) is 3.40. The molecule has 2 aromatic rings. The molecule has 0 radical (unpaired) electrons. The molecular formula is C11H8FN3O3. The summed E-state index contributed by atoms with van der Waals surface area (Å²) in [6.07, 6.45) is 1.39. The van der Waals surface area contributed by atoms with Crippen LogP contribution in [0.15, 0.2) is 36.5 Å². The van der Waals surface area contributed by atoms with Crippen molar-refractivity contribution in [2.24, 2.45) is 0 Å². The third kappa shape index (κ3) is 2.51. The van der Waals surface area contributed by atoms with Crippen molar-refractivity contribution >= 4 is 11.4 Å². The van der Waals surface area contributed by atoms with E-state index in [2.05, 4.69) is 4.98 Å². The third-order valence-corrected chi connectivity index (χ3v) is 2.10. The molecule has 2 N–H and O–H groups in total. The van der Waals surface area contributed by atoms with Crippen LogP contribution in [-0.2, 0) is 0 Å². The van der Waals surface area contributed by atoms with Gasteiger partial charge in [-0.05, 0) is 12.1 Å². The van der Waals surface area contributed by atoms with Crippen molar-refractivity contribution in [3.05, 3.63) is 52.5 Å². The van der Waals surface area contributed by atoms with Crippen LogP contribution in [0.1, 0.15) is 0 Å². The molecule has 0 fully saturated rings. The number of nitro groups is 1. The molecule has 2 rings (SSSR count). The van der Waals surface area contributed by atoms with Crippen LogP contribution in [0.2, 0.25) is 0 Å². The largest absolute Gasteiger partial charge is 0.439 e. The van der Waals surface area contributed by atoms with Gasteiger partial charge in [-0.1, -0.05) is 0 Å². The second-order valence-electron chi connectivity index (χ2n) is 3.40. The minimum absolute atomic E-state index is 0.121. The average molecular weight is 249 g/mol. The molecule has 0 atom stereocenters. The number of halogens is 1. The highest BCUT2D eigenvalue weighted by Crippen LogP contribution is 2.25. The number of ether oxygens (including phenoxy) is 1. The number of aromatic nitrogens is 1. The fraction of sp³-hybridized carbons (Fsp3) is 0. The second kappa shape index (κ2) is 4.66. The number of hydrogen-bond donors (Lipinski definition) is 1. The summed E-state index contributed by atoms with van der Waals surface area (Å²) in [7, 11) is 0. The first kappa shape index (κ1) is 11.8. The van der Waals surface area contributed by atoms with Crippen LogP contribution in [0.25, 0.3) is 0 Å². The molecule has 7 heteroatoms. The van der Waals surface area contributed by atoms with Crippen LogP contribution in [-0.4, -0.2) is 9.91 Å². The van der Waals surface area contributed by atoms with Gasteiger partial charge >= 0.3 is 5.69 Å². The van der Waals surface area contributed by atoms with E-state index in [-0.39, 0.29) is 11.6 Å². The van der Waals surface area contributed by atoms with Crippen molar-refractivity contribution in [2.75, 3.05) is 5.73 Å². The molecule has 1 aromatic heterocycles. The Bertz CT molecular complexity index is 587. The van der Waals surface area contributed by atoms with Gasteiger partial charge in [-0.25, -0.2) is 4.98 Å². The first-order chi connectivity index (χ1) is 8.56. The van der Waals surface area contributed by atoms with E-state index in [1.165, 1.54) is 18.3 Å². The van der Waals surface area contributed by atoms with Gasteiger partial charge in [0.2, 0.25) is 11.7 Å². The van der Waals surface area contributed by atoms with Crippen molar-refractivity contribution in [1.29, 1.82) is 0 Å². The summed E-state index contributed by atoms with van der Waals surface area (Å²) in [5, 5.41) is 10.4. The highest BCUT2D eigenvalue weighted by atomic mass is 19.1. The fourth-order valence-electron chi connectivity index (χ4n) is 1.27. The number of benzene rings is 1. The van der Waals surface area contributed by atoms with Gasteiger partial charge < -0.3 is 10.5 Å². The van der Waals surface area contributed by atoms with Gasteiger partial charge in [-0.2, -0.15) is 4.39 Å². The standard InChI is InChI=1S/C11H8FN3O3/c12-9-5-8(2-3-10(9)15(16)17)18-11-4-1-7(13)6-14-11/h1-6H,13H2. The van der Waals surface area contributed by atoms with E-state index in [1.807, 2.05) is 0 Å². The van der Waals surface area contributed by atoms with Gasteiger partial charge in [-0.3, -0.25) is 10.1 Å². The van der Waals surface area contributed by atoms with Gasteiger partial charge in [0.25, 0.3) is 0 Å². The van der Waals surface area contributed by atoms with Crippen LogP contribution in [0.4, 0.5) is 15.8 Å². The molecule has 0 aliphatic carbocycles. The number of rotatable bonds is 3. The zero-order valence-electron chi connectivity index (χ0n) is 9.04. The van der Waals surface area contributed by atoms with Crippen LogP contribution < -0.4 is 10.5 Å². The maximum Gasteiger partial charge on any atom is 0.305 e. The first-order valence-corrected chi connectivity index (χ1v) is 4.89. The lowest BCUT2D eigenvalue weighted by molar-refractivity contribution is -0.387. The maximum absolute atomic E-state index is 13.3. The van der Waals surface area contributed by atoms with Crippen molar-refractivity contribution < 1.29 is 14.1 Å². The highest BCUT2D eigenvalue weighted by Gasteiger charge is 2.14. The Labute approximate surface area is 101 Å². The number of nitrogens with zero attached hydrogens (tertiary/aromatic N) is 2. The SMILES string of the molecule is Nc1ccc(Oc2ccc([N+](=O)[O-])c(F)c2)nc1. The van der Waals surface area contributed by atoms with Gasteiger partial charge in [0.15, 0.2) is 0 Å². The van der Waals surface area contributed by atoms with Gasteiger partial charge in [-0.15, -0.1) is 0 Å². The van der Waals surface area contributed by atoms with E-state index in [9.17, 15) is 14.5 Å². The van der Waals surface area contributed by atoms with Gasteiger partial charge in [0.05, 0.1) is 16.8 Å². The highest BCUT2D eigenvalue weighted by molar-refractivity contribution is 5.41. The minimum Gasteiger partial charge on any atom is -0.439 e. The summed E-state index contributed by atoms with van der Waals surface area (Å²) >= 11 is 0. The monoisotopic (exact) mass is 249 g/mol. The normalized spacial score (nSPS) is 10.1. The smallest absolute Gasteiger partial charge is 0.305 e. The van der Waals surface area contributed by atoms with Crippen LogP contribution in [0, 0.1) is 15.9 Å². The first-order valence-electron chi connectivity index (χ1n) is 4.89. The molecule has 0 aliphatic heterocycles. The van der Waals surface area contributed by atoms with Gasteiger partial charge in [0, 0.05) is 18.2 Å². The molecule has 0 bridgehead atoms. The quantitative estimate of drug-likeness (QED) is 0.666. The minimum atomic E-state index is -0.965. The molecule has 0 spiro atoms. The van der Waals surface area contributed by atoms with E-state index < -0.39 is 16.4 Å². The third-order valence-electron chi connectivity index (χ3n) is 2.10. The van der Waals surface area contributed by atoms with Gasteiger partial charge in [0.1, 0.15) is 5.75 Å². The van der Waals surface area contributed by atoms with Crippen molar-refractivity contribution in [3.8, 4) is 11.6 Å². The molecule has 0 saturated heterocycles. The summed E-state index contributed by atoms with van der Waals surface area (Å²) in [5.74, 6) is -0.624. The Hall–Kier alpha value is -2.70. The van der Waals surface area contributed by atoms with Crippen molar-refractivity contribution in [3.63, 3.8) is 0 Å². The number of hydrogen-bond acceptors (Lipinski definition) is 5. The Morgan fingerprint density at radius 3 is 2.67 bits per heavy atom. The Balaban J connectivity index is 2.22. The number of nitro benzene ring substituents is 1. The van der Waals surface area contributed by atoms with E-state index in [0.29, 0.717) is 5.69 Å². The zero-order valence-corrected chi connectivity index (χ0v) is 9.04. The molecule has 0 saturated carbocycles. The molecule has 18 heavy (non-hydrogen) atoms. The number of anilines is 1. The lowest BCUT2D eigenvalue weighted by Crippen LogP contribution is -1.94. The lowest BCUT2D eigenvalue weighted by atomic mass is 10.3. The topological polar surface area (TPSA) is 91.3 Å². The molecule has 0 aliphatic rings. The molecule has 0 unspecified atom stereocenters. The molecule has 0 amide bonds. The van der Waals surface area contributed by atoms with E-state index in [1.54, 1.807) is 6.07 Å². The van der Waals surface area contributed by atoms with E-state index >= 15 is 0 Å². The predicted octanol–water partition coefficient (Wildman–Crippen LogP) is 2.50. The molecular weight excluding hydrogens is 241 g/mol. The zero-order chi connectivity index (χ0) is 13.1. The molecule has 6 nitrogen and oxygen atoms in total. The van der Waals surface area contributed by atoms with Crippen LogP contribution in [0.5, 0.6) is 11.6 Å². The summed E-state index contributed by atoms with van der Waals surface area (Å²) in [5.41, 5.74) is 5.31. The fourth-order valence-corrected chi connectivity index (χ4v) is 1.27. The lowest BCUT2D eigenvalue weighted by Gasteiger charge is -2.04.